The van der Waals surface area contributed by atoms with Gasteiger partial charge in [0.2, 0.25) is 0 Å². The second-order valence-electron chi connectivity index (χ2n) is 13.7. The van der Waals surface area contributed by atoms with E-state index in [1.165, 1.54) is 0 Å². The molecule has 0 bridgehead atoms. The topological polar surface area (TPSA) is 43.6 Å². The summed E-state index contributed by atoms with van der Waals surface area (Å²) < 4.78 is 2.14. The minimum absolute atomic E-state index is 0.704. The van der Waals surface area contributed by atoms with Crippen molar-refractivity contribution in [3.8, 4) is 73.1 Å². The average Bonchev–Trinajstić information content (AvgIpc) is 3.68. The van der Waals surface area contributed by atoms with Crippen LogP contribution in [-0.2, 0) is 0 Å². The Bertz CT molecular complexity index is 2870. The Morgan fingerprint density at radius 2 is 0.836 bits per heavy atom. The number of benzene rings is 8. The first-order valence-corrected chi connectivity index (χ1v) is 18.5. The van der Waals surface area contributed by atoms with Crippen LogP contribution in [0.4, 0.5) is 0 Å². The number of nitrogens with zero attached hydrogens (tertiary/aromatic N) is 4. The number of hydrogen-bond acceptors (Lipinski definition) is 3. The third kappa shape index (κ3) is 5.96. The molecule has 0 saturated carbocycles. The second kappa shape index (κ2) is 13.8. The molecule has 0 aliphatic heterocycles. The highest BCUT2D eigenvalue weighted by Crippen LogP contribution is 2.44. The maximum absolute atomic E-state index is 5.42. The van der Waals surface area contributed by atoms with E-state index >= 15 is 0 Å². The molecule has 2 heterocycles. The fourth-order valence-electron chi connectivity index (χ4n) is 7.62. The zero-order valence-corrected chi connectivity index (χ0v) is 29.9. The SMILES string of the molecule is c1ccc(-c2cc(-c3ccc(-c4cccc5cc(-c6ccccc6)c6c(-c7ccccc7)nn(-c7ccccc7)c6c45)cc3)nc(-c3ccccc3)n2)cc1. The normalized spacial score (nSPS) is 11.3. The molecule has 55 heavy (non-hydrogen) atoms. The van der Waals surface area contributed by atoms with Gasteiger partial charge in [-0.1, -0.05) is 182 Å². The fraction of sp³-hybridized carbons (Fsp3) is 0. The lowest BCUT2D eigenvalue weighted by atomic mass is 9.90. The van der Waals surface area contributed by atoms with Gasteiger partial charge in [0.1, 0.15) is 5.69 Å². The smallest absolute Gasteiger partial charge is 0.160 e. The van der Waals surface area contributed by atoms with E-state index in [0.717, 1.165) is 89.0 Å². The lowest BCUT2D eigenvalue weighted by molar-refractivity contribution is 0.918. The predicted octanol–water partition coefficient (Wildman–Crippen LogP) is 13.0. The fourth-order valence-corrected chi connectivity index (χ4v) is 7.62. The molecule has 2 aromatic heterocycles. The molecular formula is C51H34N4. The number of aromatic nitrogens is 4. The highest BCUT2D eigenvalue weighted by Gasteiger charge is 2.23. The van der Waals surface area contributed by atoms with Gasteiger partial charge in [0, 0.05) is 33.0 Å². The van der Waals surface area contributed by atoms with Gasteiger partial charge in [0.15, 0.2) is 5.82 Å². The molecule has 4 heteroatoms. The van der Waals surface area contributed by atoms with Gasteiger partial charge in [0.05, 0.1) is 22.6 Å². The van der Waals surface area contributed by atoms with Crippen molar-refractivity contribution in [2.75, 3.05) is 0 Å². The van der Waals surface area contributed by atoms with Gasteiger partial charge in [0.25, 0.3) is 0 Å². The number of rotatable bonds is 7. The Balaban J connectivity index is 1.19. The van der Waals surface area contributed by atoms with E-state index in [0.29, 0.717) is 5.82 Å². The summed E-state index contributed by atoms with van der Waals surface area (Å²) in [5.41, 5.74) is 13.5. The number of para-hydroxylation sites is 1. The quantitative estimate of drug-likeness (QED) is 0.166. The van der Waals surface area contributed by atoms with E-state index in [2.05, 4.69) is 175 Å². The van der Waals surface area contributed by atoms with Crippen molar-refractivity contribution in [1.29, 1.82) is 0 Å². The minimum atomic E-state index is 0.704. The molecule has 0 aliphatic rings. The molecule has 0 N–H and O–H groups in total. The predicted molar refractivity (Wildman–Crippen MR) is 227 cm³/mol. The third-order valence-corrected chi connectivity index (χ3v) is 10.2. The molecule has 0 atom stereocenters. The highest BCUT2D eigenvalue weighted by molar-refractivity contribution is 6.21. The van der Waals surface area contributed by atoms with Crippen LogP contribution in [0.5, 0.6) is 0 Å². The maximum Gasteiger partial charge on any atom is 0.160 e. The summed E-state index contributed by atoms with van der Waals surface area (Å²) in [6.45, 7) is 0. The van der Waals surface area contributed by atoms with Crippen molar-refractivity contribution in [1.82, 2.24) is 19.7 Å². The van der Waals surface area contributed by atoms with Crippen molar-refractivity contribution in [3.05, 3.63) is 206 Å². The van der Waals surface area contributed by atoms with Crippen LogP contribution in [0, 0.1) is 0 Å². The third-order valence-electron chi connectivity index (χ3n) is 10.2. The van der Waals surface area contributed by atoms with E-state index in [1.807, 2.05) is 36.4 Å². The van der Waals surface area contributed by atoms with E-state index in [1.54, 1.807) is 0 Å². The lowest BCUT2D eigenvalue weighted by Crippen LogP contribution is -1.98. The Morgan fingerprint density at radius 1 is 0.345 bits per heavy atom. The van der Waals surface area contributed by atoms with Gasteiger partial charge in [-0.3, -0.25) is 0 Å². The van der Waals surface area contributed by atoms with E-state index < -0.39 is 0 Å². The first-order valence-electron chi connectivity index (χ1n) is 18.5. The molecular weight excluding hydrogens is 669 g/mol. The Hall–Kier alpha value is -7.43. The highest BCUT2D eigenvalue weighted by atomic mass is 15.3. The molecule has 4 nitrogen and oxygen atoms in total. The molecule has 0 amide bonds. The van der Waals surface area contributed by atoms with Crippen LogP contribution in [0.3, 0.4) is 0 Å². The Labute approximate surface area is 319 Å². The molecule has 0 saturated heterocycles. The first-order chi connectivity index (χ1) is 27.3. The van der Waals surface area contributed by atoms with Crippen LogP contribution in [0.15, 0.2) is 206 Å². The zero-order chi connectivity index (χ0) is 36.6. The molecule has 0 unspecified atom stereocenters. The monoisotopic (exact) mass is 702 g/mol. The van der Waals surface area contributed by atoms with Gasteiger partial charge in [-0.2, -0.15) is 5.10 Å². The Morgan fingerprint density at radius 3 is 1.45 bits per heavy atom. The van der Waals surface area contributed by atoms with Crippen molar-refractivity contribution in [2.24, 2.45) is 0 Å². The van der Waals surface area contributed by atoms with Gasteiger partial charge >= 0.3 is 0 Å². The zero-order valence-electron chi connectivity index (χ0n) is 29.9. The summed E-state index contributed by atoms with van der Waals surface area (Å²) in [7, 11) is 0. The summed E-state index contributed by atoms with van der Waals surface area (Å²) >= 11 is 0. The molecule has 258 valence electrons. The van der Waals surface area contributed by atoms with Crippen molar-refractivity contribution >= 4 is 21.7 Å². The number of hydrogen-bond donors (Lipinski definition) is 0. The molecule has 10 aromatic rings. The Kier molecular flexibility index (Phi) is 8.12. The van der Waals surface area contributed by atoms with Crippen molar-refractivity contribution in [3.63, 3.8) is 0 Å². The molecule has 0 radical (unpaired) electrons. The summed E-state index contributed by atoms with van der Waals surface area (Å²) in [5.74, 6) is 0.704. The van der Waals surface area contributed by atoms with Crippen LogP contribution in [0.2, 0.25) is 0 Å². The van der Waals surface area contributed by atoms with E-state index in [9.17, 15) is 0 Å². The molecule has 10 rings (SSSR count). The molecule has 8 aromatic carbocycles. The molecule has 0 fully saturated rings. The van der Waals surface area contributed by atoms with Crippen LogP contribution >= 0.6 is 0 Å². The average molecular weight is 703 g/mol. The standard InChI is InChI=1S/C51H34N4/c1-6-17-35(18-7-1)44-33-41-25-16-28-43(47(41)50-48(44)49(39-21-10-3-11-22-39)54-55(50)42-26-14-5-15-27-42)36-29-31-38(32-30-36)46-34-45(37-19-8-2-9-20-37)52-51(53-46)40-23-12-4-13-24-40/h1-34H. The van der Waals surface area contributed by atoms with Crippen LogP contribution in [-0.4, -0.2) is 19.7 Å². The summed E-state index contributed by atoms with van der Waals surface area (Å²) in [6.07, 6.45) is 0. The van der Waals surface area contributed by atoms with Crippen LogP contribution in [0.25, 0.3) is 94.8 Å². The van der Waals surface area contributed by atoms with Gasteiger partial charge in [-0.05, 0) is 51.9 Å². The van der Waals surface area contributed by atoms with Crippen molar-refractivity contribution in [2.45, 2.75) is 0 Å². The first kappa shape index (κ1) is 32.2. The van der Waals surface area contributed by atoms with Crippen LogP contribution in [0.1, 0.15) is 0 Å². The largest absolute Gasteiger partial charge is 0.232 e. The summed E-state index contributed by atoms with van der Waals surface area (Å²) in [6, 6.07) is 72.0. The maximum atomic E-state index is 5.42. The minimum Gasteiger partial charge on any atom is -0.232 e. The van der Waals surface area contributed by atoms with E-state index in [4.69, 9.17) is 15.1 Å². The van der Waals surface area contributed by atoms with E-state index in [-0.39, 0.29) is 0 Å². The van der Waals surface area contributed by atoms with Gasteiger partial charge < -0.3 is 0 Å². The number of fused-ring (bicyclic) bond motifs is 3. The molecule has 0 aliphatic carbocycles. The van der Waals surface area contributed by atoms with Gasteiger partial charge in [-0.25, -0.2) is 14.6 Å². The summed E-state index contributed by atoms with van der Waals surface area (Å²) in [4.78, 5) is 10.1. The second-order valence-corrected chi connectivity index (χ2v) is 13.7. The van der Waals surface area contributed by atoms with Crippen LogP contribution < -0.4 is 0 Å². The summed E-state index contributed by atoms with van der Waals surface area (Å²) in [5, 5.41) is 8.86. The van der Waals surface area contributed by atoms with Gasteiger partial charge in [-0.15, -0.1) is 0 Å². The molecule has 0 spiro atoms. The van der Waals surface area contributed by atoms with Crippen molar-refractivity contribution < 1.29 is 0 Å². The lowest BCUT2D eigenvalue weighted by Gasteiger charge is -2.15.